The smallest absolute Gasteiger partial charge is 0.214 e. The zero-order valence-corrected chi connectivity index (χ0v) is 32.7. The zero-order valence-electron chi connectivity index (χ0n) is 31.1. The summed E-state index contributed by atoms with van der Waals surface area (Å²) in [5.41, 5.74) is 6.80. The summed E-state index contributed by atoms with van der Waals surface area (Å²) < 4.78 is 0. The number of thiophene rings is 2. The van der Waals surface area contributed by atoms with Crippen molar-refractivity contribution in [2.75, 3.05) is 66.5 Å². The highest BCUT2D eigenvalue weighted by Gasteiger charge is 2.29. The van der Waals surface area contributed by atoms with Gasteiger partial charge in [-0.3, -0.25) is 14.6 Å². The van der Waals surface area contributed by atoms with Crippen LogP contribution in [0.3, 0.4) is 0 Å². The van der Waals surface area contributed by atoms with E-state index in [2.05, 4.69) is 112 Å². The van der Waals surface area contributed by atoms with Crippen LogP contribution in [-0.2, 0) is 23.9 Å². The number of carbonyl (C=O) groups is 1. The maximum Gasteiger partial charge on any atom is 0.214 e. The molecule has 4 aromatic rings. The fraction of sp³-hybridized carbons (Fsp3) is 0.488. The van der Waals surface area contributed by atoms with Crippen molar-refractivity contribution in [3.63, 3.8) is 0 Å². The van der Waals surface area contributed by atoms with E-state index in [9.17, 15) is 15.0 Å². The van der Waals surface area contributed by atoms with Gasteiger partial charge >= 0.3 is 0 Å². The molecule has 0 bridgehead atoms. The Morgan fingerprint density at radius 2 is 0.980 bits per heavy atom. The van der Waals surface area contributed by atoms with Gasteiger partial charge in [-0.15, -0.1) is 22.7 Å². The lowest BCUT2D eigenvalue weighted by molar-refractivity contribution is 0.104. The molecule has 2 aliphatic heterocycles. The van der Waals surface area contributed by atoms with Gasteiger partial charge in [-0.25, -0.2) is 0 Å². The van der Waals surface area contributed by atoms with E-state index in [1.807, 2.05) is 10.8 Å². The number of phenolic OH excluding ortho intramolecular Hbond substituents is 2. The second kappa shape index (κ2) is 14.5. The number of benzene rings is 2. The van der Waals surface area contributed by atoms with Gasteiger partial charge in [0.05, 0.1) is 9.75 Å². The molecule has 0 aliphatic carbocycles. The summed E-state index contributed by atoms with van der Waals surface area (Å²) in [5.74, 6) is 0.730. The van der Waals surface area contributed by atoms with E-state index in [-0.39, 0.29) is 16.6 Å². The summed E-state index contributed by atoms with van der Waals surface area (Å²) in [6.07, 6.45) is 0. The van der Waals surface area contributed by atoms with Crippen molar-refractivity contribution in [1.29, 1.82) is 0 Å². The molecule has 2 aromatic heterocycles. The Morgan fingerprint density at radius 3 is 1.32 bits per heavy atom. The van der Waals surface area contributed by atoms with Gasteiger partial charge in [0.15, 0.2) is 0 Å². The Hall–Kier alpha value is -3.05. The predicted molar refractivity (Wildman–Crippen MR) is 209 cm³/mol. The number of carbonyl (C=O) groups excluding carboxylic acids is 1. The van der Waals surface area contributed by atoms with Crippen LogP contribution in [-0.4, -0.2) is 102 Å². The average molecular weight is 715 g/mol. The number of ketones is 1. The van der Waals surface area contributed by atoms with Crippen LogP contribution in [0.25, 0.3) is 22.3 Å². The number of nitrogens with zero attached hydrogens (tertiary/aromatic N) is 4. The first-order valence-electron chi connectivity index (χ1n) is 17.8. The first-order valence-corrected chi connectivity index (χ1v) is 19.6. The monoisotopic (exact) mass is 714 g/mol. The van der Waals surface area contributed by atoms with Gasteiger partial charge in [0.25, 0.3) is 0 Å². The lowest BCUT2D eigenvalue weighted by Crippen LogP contribution is -2.43. The number of aromatic hydroxyl groups is 2. The number of likely N-dealkylation sites (N-methyl/N-ethyl adjacent to an activating group) is 2. The minimum absolute atomic E-state index is 0.0111. The zero-order chi connectivity index (χ0) is 36.0. The Bertz CT molecular complexity index is 1700. The summed E-state index contributed by atoms with van der Waals surface area (Å²) in [7, 11) is 4.31. The molecule has 2 N–H and O–H groups in total. The molecule has 268 valence electrons. The van der Waals surface area contributed by atoms with Gasteiger partial charge in [0, 0.05) is 98.8 Å². The molecule has 2 fully saturated rings. The topological polar surface area (TPSA) is 70.5 Å². The lowest BCUT2D eigenvalue weighted by atomic mass is 9.82. The molecule has 0 unspecified atom stereocenters. The summed E-state index contributed by atoms with van der Waals surface area (Å²) in [5, 5.41) is 27.1. The van der Waals surface area contributed by atoms with Crippen LogP contribution >= 0.6 is 22.7 Å². The SMILES string of the molecule is CN1CCN(Cc2cc(-c3ccsc3C(=O)c3sccc3-c3cc(CN4CCN(C)CC4)c(O)c(C(C)(C)C)c3)cc(C(C)(C)C)c2O)CC1. The molecule has 0 atom stereocenters. The first-order chi connectivity index (χ1) is 23.6. The van der Waals surface area contributed by atoms with E-state index in [0.29, 0.717) is 34.3 Å². The van der Waals surface area contributed by atoms with Gasteiger partial charge in [-0.1, -0.05) is 41.5 Å². The molecule has 7 nitrogen and oxygen atoms in total. The third-order valence-electron chi connectivity index (χ3n) is 10.3. The second-order valence-corrected chi connectivity index (χ2v) is 18.2. The summed E-state index contributed by atoms with van der Waals surface area (Å²) in [6.45, 7) is 22.0. The van der Waals surface area contributed by atoms with Crippen LogP contribution in [0.5, 0.6) is 11.5 Å². The van der Waals surface area contributed by atoms with Crippen LogP contribution in [0, 0.1) is 0 Å². The maximum atomic E-state index is 14.6. The van der Waals surface area contributed by atoms with E-state index in [1.165, 1.54) is 22.7 Å². The number of hydrogen-bond acceptors (Lipinski definition) is 9. The van der Waals surface area contributed by atoms with Crippen LogP contribution in [0.15, 0.2) is 47.2 Å². The van der Waals surface area contributed by atoms with Gasteiger partial charge in [0.1, 0.15) is 11.5 Å². The second-order valence-electron chi connectivity index (χ2n) is 16.4. The highest BCUT2D eigenvalue weighted by atomic mass is 32.1. The summed E-state index contributed by atoms with van der Waals surface area (Å²) in [4.78, 5) is 25.5. The molecule has 2 aromatic carbocycles. The van der Waals surface area contributed by atoms with E-state index in [4.69, 9.17) is 0 Å². The number of phenols is 2. The average Bonchev–Trinajstić information content (AvgIpc) is 3.75. The van der Waals surface area contributed by atoms with Crippen LogP contribution in [0.4, 0.5) is 0 Å². The Kier molecular flexibility index (Phi) is 10.7. The number of rotatable bonds is 8. The summed E-state index contributed by atoms with van der Waals surface area (Å²) in [6, 6.07) is 12.5. The Balaban J connectivity index is 1.37. The molecule has 0 radical (unpaired) electrons. The highest BCUT2D eigenvalue weighted by Crippen LogP contribution is 2.43. The van der Waals surface area contributed by atoms with Crippen molar-refractivity contribution < 1.29 is 15.0 Å². The lowest BCUT2D eigenvalue weighted by Gasteiger charge is -2.33. The van der Waals surface area contributed by atoms with Crippen LogP contribution in [0.1, 0.15) is 78.3 Å². The van der Waals surface area contributed by atoms with Gasteiger partial charge in [-0.2, -0.15) is 0 Å². The Morgan fingerprint density at radius 1 is 0.620 bits per heavy atom. The van der Waals surface area contributed by atoms with E-state index >= 15 is 0 Å². The molecule has 6 rings (SSSR count). The van der Waals surface area contributed by atoms with Gasteiger partial charge in [-0.05, 0) is 83.2 Å². The molecule has 4 heterocycles. The largest absolute Gasteiger partial charge is 0.507 e. The quantitative estimate of drug-likeness (QED) is 0.180. The molecule has 2 saturated heterocycles. The van der Waals surface area contributed by atoms with Crippen molar-refractivity contribution in [3.8, 4) is 33.8 Å². The normalized spacial score (nSPS) is 17.4. The number of piperazine rings is 2. The van der Waals surface area contributed by atoms with Crippen LogP contribution < -0.4 is 0 Å². The van der Waals surface area contributed by atoms with E-state index < -0.39 is 0 Å². The molecular formula is C41H54N4O3S2. The molecular weight excluding hydrogens is 661 g/mol. The molecule has 50 heavy (non-hydrogen) atoms. The summed E-state index contributed by atoms with van der Waals surface area (Å²) >= 11 is 2.96. The van der Waals surface area contributed by atoms with E-state index in [1.54, 1.807) is 0 Å². The predicted octanol–water partition coefficient (Wildman–Crippen LogP) is 7.88. The molecule has 0 saturated carbocycles. The van der Waals surface area contributed by atoms with Crippen molar-refractivity contribution in [2.24, 2.45) is 0 Å². The van der Waals surface area contributed by atoms with Crippen molar-refractivity contribution in [3.05, 3.63) is 79.2 Å². The Labute approximate surface area is 306 Å². The van der Waals surface area contributed by atoms with Crippen LogP contribution in [0.2, 0.25) is 0 Å². The van der Waals surface area contributed by atoms with Gasteiger partial charge < -0.3 is 20.0 Å². The van der Waals surface area contributed by atoms with Gasteiger partial charge in [0.2, 0.25) is 5.78 Å². The third kappa shape index (κ3) is 7.88. The molecule has 0 spiro atoms. The van der Waals surface area contributed by atoms with Crippen molar-refractivity contribution >= 4 is 28.5 Å². The molecule has 9 heteroatoms. The number of hydrogen-bond donors (Lipinski definition) is 2. The standard InChI is InChI=1S/C41H54N4O3S2/c1-40(2,3)33-23-27(21-29(35(33)46)25-44-15-11-42(7)12-16-44)31-9-19-49-38(31)37(48)39-32(10-20-50-39)28-22-30(26-45-17-13-43(8)14-18-45)36(47)34(24-28)41(4,5)6/h9-10,19-24,46-47H,11-18,25-26H2,1-8H3. The van der Waals surface area contributed by atoms with Crippen molar-refractivity contribution in [1.82, 2.24) is 19.6 Å². The minimum Gasteiger partial charge on any atom is -0.507 e. The fourth-order valence-corrected chi connectivity index (χ4v) is 8.90. The minimum atomic E-state index is -0.274. The molecule has 0 amide bonds. The first kappa shape index (κ1) is 36.7. The highest BCUT2D eigenvalue weighted by molar-refractivity contribution is 7.16. The van der Waals surface area contributed by atoms with E-state index in [0.717, 1.165) is 96.9 Å². The maximum absolute atomic E-state index is 14.6. The third-order valence-corrected chi connectivity index (χ3v) is 12.2. The molecule has 2 aliphatic rings. The van der Waals surface area contributed by atoms with Crippen molar-refractivity contribution in [2.45, 2.75) is 65.5 Å². The fourth-order valence-electron chi connectivity index (χ4n) is 7.11.